The van der Waals surface area contributed by atoms with Gasteiger partial charge in [0.15, 0.2) is 9.84 Å². The first-order valence-electron chi connectivity index (χ1n) is 5.94. The van der Waals surface area contributed by atoms with E-state index in [0.29, 0.717) is 11.4 Å². The molecule has 1 aromatic carbocycles. The first-order valence-corrected chi connectivity index (χ1v) is 8.13. The van der Waals surface area contributed by atoms with E-state index in [2.05, 4.69) is 5.32 Å². The summed E-state index contributed by atoms with van der Waals surface area (Å²) in [4.78, 5) is 0.0789. The Morgan fingerprint density at radius 1 is 1.45 bits per heavy atom. The predicted molar refractivity (Wildman–Crippen MR) is 77.3 cm³/mol. The van der Waals surface area contributed by atoms with Crippen molar-refractivity contribution in [3.63, 3.8) is 0 Å². The van der Waals surface area contributed by atoms with Crippen molar-refractivity contribution >= 4 is 27.1 Å². The van der Waals surface area contributed by atoms with Crippen molar-refractivity contribution in [2.24, 2.45) is 0 Å². The molecule has 1 rings (SSSR count). The van der Waals surface area contributed by atoms with Gasteiger partial charge in [-0.25, -0.2) is 8.42 Å². The highest BCUT2D eigenvalue weighted by Crippen LogP contribution is 2.27. The van der Waals surface area contributed by atoms with E-state index >= 15 is 0 Å². The minimum atomic E-state index is -3.54. The second kappa shape index (κ2) is 7.68. The largest absolute Gasteiger partial charge is 0.495 e. The molecule has 0 saturated heterocycles. The third-order valence-electron chi connectivity index (χ3n) is 2.60. The van der Waals surface area contributed by atoms with Crippen LogP contribution in [0.1, 0.15) is 0 Å². The molecule has 6 nitrogen and oxygen atoms in total. The minimum absolute atomic E-state index is 0.0673. The summed E-state index contributed by atoms with van der Waals surface area (Å²) in [6.45, 7) is -0.272. The van der Waals surface area contributed by atoms with E-state index in [1.54, 1.807) is 0 Å². The molecule has 1 aromatic rings. The molecule has 0 saturated carbocycles. The van der Waals surface area contributed by atoms with Gasteiger partial charge in [-0.1, -0.05) is 0 Å². The molecule has 3 N–H and O–H groups in total. The number of benzene rings is 1. The molecule has 1 atom stereocenters. The minimum Gasteiger partial charge on any atom is -0.495 e. The highest BCUT2D eigenvalue weighted by atomic mass is 35.5. The Balaban J connectivity index is 3.02. The highest BCUT2D eigenvalue weighted by Gasteiger charge is 2.16. The number of hydrogen-bond donors (Lipinski definition) is 3. The number of aliphatic hydroxyl groups excluding tert-OH is 2. The first-order chi connectivity index (χ1) is 9.44. The number of halogens is 1. The van der Waals surface area contributed by atoms with Gasteiger partial charge in [0.2, 0.25) is 0 Å². The molecule has 0 bridgehead atoms. The number of ether oxygens (including phenoxy) is 1. The second-order valence-electron chi connectivity index (χ2n) is 4.09. The monoisotopic (exact) mass is 323 g/mol. The lowest BCUT2D eigenvalue weighted by Gasteiger charge is -2.14. The second-order valence-corrected chi connectivity index (χ2v) is 6.51. The molecule has 0 radical (unpaired) electrons. The summed E-state index contributed by atoms with van der Waals surface area (Å²) in [5.74, 6) is 0.177. The van der Waals surface area contributed by atoms with Crippen LogP contribution in [0.15, 0.2) is 23.1 Å². The van der Waals surface area contributed by atoms with Crippen LogP contribution in [-0.4, -0.2) is 56.6 Å². The average molecular weight is 324 g/mol. The summed E-state index contributed by atoms with van der Waals surface area (Å²) >= 11 is 5.49. The zero-order valence-electron chi connectivity index (χ0n) is 11.0. The Hall–Kier alpha value is -1.02. The molecule has 0 aliphatic carbocycles. The van der Waals surface area contributed by atoms with Gasteiger partial charge in [0.1, 0.15) is 5.75 Å². The van der Waals surface area contributed by atoms with Gasteiger partial charge in [0, 0.05) is 6.54 Å². The van der Waals surface area contributed by atoms with E-state index in [-0.39, 0.29) is 23.1 Å². The van der Waals surface area contributed by atoms with Crippen LogP contribution in [0.5, 0.6) is 5.75 Å². The lowest BCUT2D eigenvalue weighted by molar-refractivity contribution is 0.211. The Morgan fingerprint density at radius 3 is 2.70 bits per heavy atom. The molecule has 0 spiro atoms. The van der Waals surface area contributed by atoms with Gasteiger partial charge in [-0.2, -0.15) is 0 Å². The third kappa shape index (κ3) is 4.52. The number of hydrogen-bond acceptors (Lipinski definition) is 6. The highest BCUT2D eigenvalue weighted by molar-refractivity contribution is 7.91. The normalized spacial score (nSPS) is 13.0. The zero-order valence-corrected chi connectivity index (χ0v) is 12.6. The van der Waals surface area contributed by atoms with Gasteiger partial charge in [-0.15, -0.1) is 11.6 Å². The first kappa shape index (κ1) is 17.0. The number of methoxy groups -OCH3 is 1. The van der Waals surface area contributed by atoms with Crippen molar-refractivity contribution in [3.05, 3.63) is 18.2 Å². The maximum Gasteiger partial charge on any atom is 0.180 e. The van der Waals surface area contributed by atoms with Crippen LogP contribution in [0.2, 0.25) is 0 Å². The van der Waals surface area contributed by atoms with Gasteiger partial charge in [-0.05, 0) is 18.2 Å². The maximum atomic E-state index is 11.9. The van der Waals surface area contributed by atoms with E-state index < -0.39 is 22.5 Å². The fraction of sp³-hybridized carbons (Fsp3) is 0.500. The Kier molecular flexibility index (Phi) is 6.54. The van der Waals surface area contributed by atoms with Crippen molar-refractivity contribution in [1.29, 1.82) is 0 Å². The van der Waals surface area contributed by atoms with Crippen molar-refractivity contribution in [3.8, 4) is 5.75 Å². The Labute approximate surface area is 123 Å². The van der Waals surface area contributed by atoms with E-state index in [0.717, 1.165) is 0 Å². The number of nitrogens with one attached hydrogen (secondary N) is 1. The summed E-state index contributed by atoms with van der Waals surface area (Å²) in [7, 11) is -2.08. The molecule has 0 aliphatic heterocycles. The lowest BCUT2D eigenvalue weighted by atomic mass is 10.2. The smallest absolute Gasteiger partial charge is 0.180 e. The summed E-state index contributed by atoms with van der Waals surface area (Å²) in [6, 6.07) is 4.33. The molecule has 0 heterocycles. The van der Waals surface area contributed by atoms with Crippen molar-refractivity contribution in [2.75, 3.05) is 37.2 Å². The standard InChI is InChI=1S/C12H18ClNO5S/c1-19-12-3-2-10(20(17,18)5-4-15)6-11(12)14-8-9(16)7-13/h2-3,6,9,14-16H,4-5,7-8H2,1H3. The van der Waals surface area contributed by atoms with E-state index in [1.807, 2.05) is 0 Å². The van der Waals surface area contributed by atoms with E-state index in [4.69, 9.17) is 21.4 Å². The van der Waals surface area contributed by atoms with Crippen molar-refractivity contribution in [2.45, 2.75) is 11.0 Å². The molecular weight excluding hydrogens is 306 g/mol. The van der Waals surface area contributed by atoms with E-state index in [9.17, 15) is 13.5 Å². The number of aliphatic hydroxyl groups is 2. The topological polar surface area (TPSA) is 95.9 Å². The Morgan fingerprint density at radius 2 is 2.15 bits per heavy atom. The van der Waals surface area contributed by atoms with Crippen molar-refractivity contribution in [1.82, 2.24) is 0 Å². The van der Waals surface area contributed by atoms with Gasteiger partial charge in [0.25, 0.3) is 0 Å². The van der Waals surface area contributed by atoms with Gasteiger partial charge in [-0.3, -0.25) is 0 Å². The van der Waals surface area contributed by atoms with Crippen LogP contribution in [0.4, 0.5) is 5.69 Å². The van der Waals surface area contributed by atoms with Crippen LogP contribution in [-0.2, 0) is 9.84 Å². The summed E-state index contributed by atoms with van der Waals surface area (Å²) in [5.41, 5.74) is 0.440. The summed E-state index contributed by atoms with van der Waals surface area (Å²) < 4.78 is 28.9. The molecule has 1 unspecified atom stereocenters. The molecule has 0 fully saturated rings. The summed E-state index contributed by atoms with van der Waals surface area (Å²) in [6.07, 6.45) is -0.751. The van der Waals surface area contributed by atoms with Crippen LogP contribution >= 0.6 is 11.6 Å². The molecule has 0 aromatic heterocycles. The number of anilines is 1. The third-order valence-corrected chi connectivity index (χ3v) is 4.64. The van der Waals surface area contributed by atoms with Gasteiger partial charge >= 0.3 is 0 Å². The molecular formula is C12H18ClNO5S. The van der Waals surface area contributed by atoms with Gasteiger partial charge < -0.3 is 20.3 Å². The molecule has 0 amide bonds. The molecule has 20 heavy (non-hydrogen) atoms. The molecule has 0 aliphatic rings. The molecule has 114 valence electrons. The van der Waals surface area contributed by atoms with Crippen LogP contribution in [0, 0.1) is 0 Å². The van der Waals surface area contributed by atoms with Crippen LogP contribution < -0.4 is 10.1 Å². The zero-order chi connectivity index (χ0) is 15.2. The fourth-order valence-corrected chi connectivity index (χ4v) is 2.70. The quantitative estimate of drug-likeness (QED) is 0.602. The lowest BCUT2D eigenvalue weighted by Crippen LogP contribution is -2.21. The number of rotatable bonds is 8. The maximum absolute atomic E-state index is 11.9. The van der Waals surface area contributed by atoms with Crippen LogP contribution in [0.25, 0.3) is 0 Å². The summed E-state index contributed by atoms with van der Waals surface area (Å²) in [5, 5.41) is 21.1. The molecule has 8 heteroatoms. The van der Waals surface area contributed by atoms with Crippen molar-refractivity contribution < 1.29 is 23.4 Å². The fourth-order valence-electron chi connectivity index (χ4n) is 1.54. The Bertz CT molecular complexity index is 535. The predicted octanol–water partition coefficient (Wildman–Crippen LogP) is 0.473. The average Bonchev–Trinajstić information content (AvgIpc) is 2.44. The van der Waals surface area contributed by atoms with Gasteiger partial charge in [0.05, 0.1) is 42.0 Å². The van der Waals surface area contributed by atoms with Crippen LogP contribution in [0.3, 0.4) is 0 Å². The number of sulfone groups is 1. The van der Waals surface area contributed by atoms with E-state index in [1.165, 1.54) is 25.3 Å². The SMILES string of the molecule is COc1ccc(S(=O)(=O)CCO)cc1NCC(O)CCl. The number of alkyl halides is 1.